The first kappa shape index (κ1) is 19.5. The Kier molecular flexibility index (Phi) is 5.69. The maximum absolute atomic E-state index is 13.4. The molecule has 0 unspecified atom stereocenters. The van der Waals surface area contributed by atoms with Gasteiger partial charge in [0.2, 0.25) is 0 Å². The third-order valence-corrected chi connectivity index (χ3v) is 5.03. The predicted molar refractivity (Wildman–Crippen MR) is 110 cm³/mol. The summed E-state index contributed by atoms with van der Waals surface area (Å²) in [5.41, 5.74) is 1.25. The number of carbonyl (C=O) groups is 1. The fourth-order valence-corrected chi connectivity index (χ4v) is 3.79. The molecule has 0 saturated carbocycles. The molecule has 0 atom stereocenters. The van der Waals surface area contributed by atoms with Gasteiger partial charge in [0.25, 0.3) is 0 Å². The average molecular weight is 376 g/mol. The summed E-state index contributed by atoms with van der Waals surface area (Å²) in [4.78, 5) is 13.4. The molecule has 0 aliphatic carbocycles. The van der Waals surface area contributed by atoms with Crippen molar-refractivity contribution in [2.45, 2.75) is 12.3 Å². The van der Waals surface area contributed by atoms with E-state index in [1.807, 2.05) is 60.7 Å². The Morgan fingerprint density at radius 1 is 0.714 bits per heavy atom. The SMILES string of the molecule is COc1cc(OC)c(C(C(C)=O)(c2ccccc2)c2ccccc2)c(OC)c1. The van der Waals surface area contributed by atoms with Gasteiger partial charge >= 0.3 is 0 Å². The Bertz CT molecular complexity index is 884. The van der Waals surface area contributed by atoms with Gasteiger partial charge in [-0.2, -0.15) is 0 Å². The molecule has 3 aromatic carbocycles. The fraction of sp³-hybridized carbons (Fsp3) is 0.208. The van der Waals surface area contributed by atoms with Crippen LogP contribution in [0.25, 0.3) is 0 Å². The summed E-state index contributed by atoms with van der Waals surface area (Å²) in [5.74, 6) is 1.61. The maximum Gasteiger partial charge on any atom is 0.149 e. The van der Waals surface area contributed by atoms with E-state index in [1.54, 1.807) is 40.4 Å². The zero-order valence-corrected chi connectivity index (χ0v) is 16.6. The first-order valence-electron chi connectivity index (χ1n) is 9.02. The molecule has 0 N–H and O–H groups in total. The van der Waals surface area contributed by atoms with Crippen molar-refractivity contribution >= 4 is 5.78 Å². The van der Waals surface area contributed by atoms with Gasteiger partial charge in [0, 0.05) is 12.1 Å². The number of benzene rings is 3. The zero-order chi connectivity index (χ0) is 20.1. The molecule has 0 aromatic heterocycles. The quantitative estimate of drug-likeness (QED) is 0.564. The minimum Gasteiger partial charge on any atom is -0.496 e. The van der Waals surface area contributed by atoms with Crippen LogP contribution in [0.2, 0.25) is 0 Å². The lowest BCUT2D eigenvalue weighted by Crippen LogP contribution is -2.37. The van der Waals surface area contributed by atoms with E-state index in [1.165, 1.54) is 0 Å². The molecule has 0 radical (unpaired) electrons. The Morgan fingerprint density at radius 3 is 1.46 bits per heavy atom. The number of carbonyl (C=O) groups excluding carboxylic acids is 1. The molecular weight excluding hydrogens is 352 g/mol. The molecule has 4 heteroatoms. The third kappa shape index (κ3) is 3.11. The Morgan fingerprint density at radius 2 is 1.14 bits per heavy atom. The van der Waals surface area contributed by atoms with Gasteiger partial charge in [0.15, 0.2) is 0 Å². The second-order valence-corrected chi connectivity index (χ2v) is 6.45. The largest absolute Gasteiger partial charge is 0.496 e. The molecule has 0 heterocycles. The summed E-state index contributed by atoms with van der Waals surface area (Å²) in [6, 6.07) is 23.0. The Labute approximate surface area is 165 Å². The Balaban J connectivity index is 2.50. The lowest BCUT2D eigenvalue weighted by atomic mass is 9.66. The number of hydrogen-bond donors (Lipinski definition) is 0. The number of ketones is 1. The summed E-state index contributed by atoms with van der Waals surface area (Å²) in [7, 11) is 4.75. The van der Waals surface area contributed by atoms with E-state index in [-0.39, 0.29) is 5.78 Å². The van der Waals surface area contributed by atoms with E-state index in [4.69, 9.17) is 14.2 Å². The van der Waals surface area contributed by atoms with E-state index in [2.05, 4.69) is 0 Å². The first-order chi connectivity index (χ1) is 13.6. The van der Waals surface area contributed by atoms with Crippen LogP contribution >= 0.6 is 0 Å². The van der Waals surface area contributed by atoms with E-state index < -0.39 is 5.41 Å². The lowest BCUT2D eigenvalue weighted by molar-refractivity contribution is -0.120. The van der Waals surface area contributed by atoms with E-state index in [0.29, 0.717) is 22.8 Å². The van der Waals surface area contributed by atoms with Crippen LogP contribution < -0.4 is 14.2 Å². The van der Waals surface area contributed by atoms with Crippen molar-refractivity contribution in [3.8, 4) is 17.2 Å². The highest BCUT2D eigenvalue weighted by Gasteiger charge is 2.45. The Hall–Kier alpha value is -3.27. The number of rotatable bonds is 7. The van der Waals surface area contributed by atoms with Crippen LogP contribution in [0, 0.1) is 0 Å². The summed E-state index contributed by atoms with van der Waals surface area (Å²) in [6.45, 7) is 1.60. The van der Waals surface area contributed by atoms with Gasteiger partial charge in [-0.1, -0.05) is 60.7 Å². The average Bonchev–Trinajstić information content (AvgIpc) is 2.75. The molecule has 0 aliphatic rings. The first-order valence-corrected chi connectivity index (χ1v) is 9.02. The molecule has 4 nitrogen and oxygen atoms in total. The summed E-state index contributed by atoms with van der Waals surface area (Å²) in [6.07, 6.45) is 0. The van der Waals surface area contributed by atoms with Crippen molar-refractivity contribution in [2.24, 2.45) is 0 Å². The zero-order valence-electron chi connectivity index (χ0n) is 16.6. The van der Waals surface area contributed by atoms with Crippen molar-refractivity contribution in [1.82, 2.24) is 0 Å². The second-order valence-electron chi connectivity index (χ2n) is 6.45. The topological polar surface area (TPSA) is 44.8 Å². The van der Waals surface area contributed by atoms with Crippen LogP contribution in [-0.4, -0.2) is 27.1 Å². The van der Waals surface area contributed by atoms with Crippen LogP contribution in [0.4, 0.5) is 0 Å². The van der Waals surface area contributed by atoms with Crippen LogP contribution in [0.15, 0.2) is 72.8 Å². The highest BCUT2D eigenvalue weighted by Crippen LogP contribution is 2.49. The minimum absolute atomic E-state index is 0.0355. The fourth-order valence-electron chi connectivity index (χ4n) is 3.79. The van der Waals surface area contributed by atoms with Crippen molar-refractivity contribution in [2.75, 3.05) is 21.3 Å². The molecule has 3 rings (SSSR count). The number of ether oxygens (including phenoxy) is 3. The highest BCUT2D eigenvalue weighted by molar-refractivity contribution is 5.97. The van der Waals surface area contributed by atoms with Crippen molar-refractivity contribution in [3.63, 3.8) is 0 Å². The molecule has 0 bridgehead atoms. The van der Waals surface area contributed by atoms with E-state index in [0.717, 1.165) is 11.1 Å². The van der Waals surface area contributed by atoms with Crippen molar-refractivity contribution in [1.29, 1.82) is 0 Å². The second kappa shape index (κ2) is 8.17. The van der Waals surface area contributed by atoms with Gasteiger partial charge in [0.05, 0.1) is 26.9 Å². The summed E-state index contributed by atoms with van der Waals surface area (Å²) >= 11 is 0. The molecule has 0 aliphatic heterocycles. The number of methoxy groups -OCH3 is 3. The molecule has 3 aromatic rings. The summed E-state index contributed by atoms with van der Waals surface area (Å²) < 4.78 is 16.8. The van der Waals surface area contributed by atoms with Gasteiger partial charge < -0.3 is 14.2 Å². The van der Waals surface area contributed by atoms with Crippen LogP contribution in [0.3, 0.4) is 0 Å². The highest BCUT2D eigenvalue weighted by atomic mass is 16.5. The van der Waals surface area contributed by atoms with Gasteiger partial charge in [-0.05, 0) is 18.1 Å². The standard InChI is InChI=1S/C24H24O4/c1-17(25)24(18-11-7-5-8-12-18,19-13-9-6-10-14-19)23-21(27-3)15-20(26-2)16-22(23)28-4/h5-16H,1-4H3. The number of Topliss-reactive ketones (excluding diaryl/α,β-unsaturated/α-hetero) is 1. The lowest BCUT2D eigenvalue weighted by Gasteiger charge is -2.35. The number of hydrogen-bond acceptors (Lipinski definition) is 4. The molecule has 0 saturated heterocycles. The molecule has 0 amide bonds. The molecule has 28 heavy (non-hydrogen) atoms. The maximum atomic E-state index is 13.4. The van der Waals surface area contributed by atoms with Gasteiger partial charge in [-0.25, -0.2) is 0 Å². The van der Waals surface area contributed by atoms with Crippen LogP contribution in [-0.2, 0) is 10.2 Å². The smallest absolute Gasteiger partial charge is 0.149 e. The van der Waals surface area contributed by atoms with Gasteiger partial charge in [0.1, 0.15) is 28.4 Å². The summed E-state index contributed by atoms with van der Waals surface area (Å²) in [5, 5.41) is 0. The van der Waals surface area contributed by atoms with Gasteiger partial charge in [-0.3, -0.25) is 4.79 Å². The van der Waals surface area contributed by atoms with Crippen molar-refractivity contribution < 1.29 is 19.0 Å². The van der Waals surface area contributed by atoms with Crippen LogP contribution in [0.5, 0.6) is 17.2 Å². The normalized spacial score (nSPS) is 11.0. The molecule has 0 spiro atoms. The molecule has 0 fully saturated rings. The van der Waals surface area contributed by atoms with E-state index in [9.17, 15) is 4.79 Å². The molecule has 144 valence electrons. The predicted octanol–water partition coefficient (Wildman–Crippen LogP) is 4.64. The van der Waals surface area contributed by atoms with Crippen molar-refractivity contribution in [3.05, 3.63) is 89.5 Å². The molecular formula is C24H24O4. The minimum atomic E-state index is -1.09. The van der Waals surface area contributed by atoms with Gasteiger partial charge in [-0.15, -0.1) is 0 Å². The van der Waals surface area contributed by atoms with Crippen LogP contribution in [0.1, 0.15) is 23.6 Å². The monoisotopic (exact) mass is 376 g/mol. The third-order valence-electron chi connectivity index (χ3n) is 5.03. The van der Waals surface area contributed by atoms with E-state index >= 15 is 0 Å².